The van der Waals surface area contributed by atoms with Crippen molar-refractivity contribution in [2.75, 3.05) is 24.8 Å². The van der Waals surface area contributed by atoms with E-state index >= 15 is 0 Å². The van der Waals surface area contributed by atoms with Crippen molar-refractivity contribution in [3.05, 3.63) is 89.0 Å². The molecule has 0 saturated heterocycles. The van der Waals surface area contributed by atoms with Gasteiger partial charge in [-0.2, -0.15) is 0 Å². The number of halogens is 1. The second kappa shape index (κ2) is 9.44. The second-order valence-corrected chi connectivity index (χ2v) is 8.66. The van der Waals surface area contributed by atoms with Crippen molar-refractivity contribution >= 4 is 35.1 Å². The van der Waals surface area contributed by atoms with E-state index in [-0.39, 0.29) is 32.1 Å². The van der Waals surface area contributed by atoms with Crippen molar-refractivity contribution in [1.29, 1.82) is 0 Å². The molecule has 0 bridgehead atoms. The van der Waals surface area contributed by atoms with E-state index in [2.05, 4.69) is 0 Å². The van der Waals surface area contributed by atoms with E-state index in [4.69, 9.17) is 25.8 Å². The van der Waals surface area contributed by atoms with Gasteiger partial charge in [-0.1, -0.05) is 41.9 Å². The molecule has 2 aliphatic heterocycles. The van der Waals surface area contributed by atoms with E-state index in [0.717, 1.165) is 5.56 Å². The lowest BCUT2D eigenvalue weighted by Gasteiger charge is -2.22. The zero-order chi connectivity index (χ0) is 24.4. The number of aliphatic hydroxyl groups is 1. The molecule has 178 valence electrons. The van der Waals surface area contributed by atoms with Crippen molar-refractivity contribution in [2.24, 2.45) is 0 Å². The third-order valence-electron chi connectivity index (χ3n) is 5.92. The van der Waals surface area contributed by atoms with Crippen LogP contribution >= 0.6 is 11.6 Å². The first kappa shape index (κ1) is 23.0. The lowest BCUT2D eigenvalue weighted by Crippen LogP contribution is -2.43. The molecular formula is C27H22ClNO6. The summed E-state index contributed by atoms with van der Waals surface area (Å²) >= 11 is 5.90. The van der Waals surface area contributed by atoms with Crippen LogP contribution in [0.3, 0.4) is 0 Å². The first-order valence-electron chi connectivity index (χ1n) is 11.1. The first-order valence-corrected chi connectivity index (χ1v) is 11.4. The van der Waals surface area contributed by atoms with Crippen LogP contribution in [0.25, 0.3) is 6.08 Å². The zero-order valence-corrected chi connectivity index (χ0v) is 19.4. The second-order valence-electron chi connectivity index (χ2n) is 8.23. The van der Waals surface area contributed by atoms with Crippen LogP contribution in [-0.2, 0) is 15.2 Å². The first-order chi connectivity index (χ1) is 16.9. The monoisotopic (exact) mass is 491 g/mol. The third kappa shape index (κ3) is 4.60. The lowest BCUT2D eigenvalue weighted by atomic mass is 9.89. The number of hydrogen-bond donors (Lipinski definition) is 1. The summed E-state index contributed by atoms with van der Waals surface area (Å²) in [6, 6.07) is 19.2. The quantitative estimate of drug-likeness (QED) is 0.471. The fraction of sp³-hybridized carbons (Fsp3) is 0.185. The van der Waals surface area contributed by atoms with Crippen LogP contribution in [0.2, 0.25) is 5.02 Å². The fourth-order valence-corrected chi connectivity index (χ4v) is 4.33. The largest absolute Gasteiger partial charge is 0.492 e. The van der Waals surface area contributed by atoms with E-state index in [1.165, 1.54) is 11.0 Å². The van der Waals surface area contributed by atoms with Crippen LogP contribution in [0, 0.1) is 0 Å². The summed E-state index contributed by atoms with van der Waals surface area (Å²) in [6.45, 7) is 0.578. The highest BCUT2D eigenvalue weighted by molar-refractivity contribution is 6.30. The minimum absolute atomic E-state index is 0.164. The number of amides is 1. The van der Waals surface area contributed by atoms with Gasteiger partial charge in [0.25, 0.3) is 5.91 Å². The maximum absolute atomic E-state index is 13.3. The highest BCUT2D eigenvalue weighted by atomic mass is 35.5. The molecule has 0 radical (unpaired) electrons. The normalized spacial score (nSPS) is 18.2. The molecule has 1 N–H and O–H groups in total. The molecular weight excluding hydrogens is 470 g/mol. The SMILES string of the molecule is O=C(/C=C\c1ccc2c(c1)OCO2)C[C@]1(O)C(=O)N(CCOc2ccc(Cl)cc2)c2ccccc21. The van der Waals surface area contributed by atoms with Gasteiger partial charge in [0.2, 0.25) is 6.79 Å². The van der Waals surface area contributed by atoms with Gasteiger partial charge in [-0.05, 0) is 54.1 Å². The Balaban J connectivity index is 1.28. The molecule has 1 amide bonds. The average molecular weight is 492 g/mol. The molecule has 0 unspecified atom stereocenters. The molecule has 1 atom stereocenters. The number of ether oxygens (including phenoxy) is 3. The highest BCUT2D eigenvalue weighted by Crippen LogP contribution is 2.42. The molecule has 0 fully saturated rings. The number of carbonyl (C=O) groups is 2. The number of anilines is 1. The van der Waals surface area contributed by atoms with E-state index in [1.807, 2.05) is 0 Å². The molecule has 0 aromatic heterocycles. The molecule has 7 nitrogen and oxygen atoms in total. The molecule has 3 aromatic rings. The van der Waals surface area contributed by atoms with Gasteiger partial charge in [-0.3, -0.25) is 9.59 Å². The summed E-state index contributed by atoms with van der Waals surface area (Å²) in [7, 11) is 0. The van der Waals surface area contributed by atoms with Gasteiger partial charge in [0, 0.05) is 10.6 Å². The van der Waals surface area contributed by atoms with Gasteiger partial charge in [0.1, 0.15) is 12.4 Å². The van der Waals surface area contributed by atoms with E-state index in [0.29, 0.717) is 33.5 Å². The molecule has 3 aromatic carbocycles. The van der Waals surface area contributed by atoms with Crippen molar-refractivity contribution in [3.63, 3.8) is 0 Å². The van der Waals surface area contributed by atoms with Crippen LogP contribution in [-0.4, -0.2) is 36.7 Å². The average Bonchev–Trinajstić information content (AvgIpc) is 3.41. The van der Waals surface area contributed by atoms with Crippen LogP contribution < -0.4 is 19.1 Å². The molecule has 0 aliphatic carbocycles. The Hall–Kier alpha value is -3.81. The molecule has 2 aliphatic rings. The molecule has 5 rings (SSSR count). The van der Waals surface area contributed by atoms with E-state index < -0.39 is 11.5 Å². The van der Waals surface area contributed by atoms with Gasteiger partial charge in [0.15, 0.2) is 22.9 Å². The predicted octanol–water partition coefficient (Wildman–Crippen LogP) is 4.35. The van der Waals surface area contributed by atoms with Gasteiger partial charge < -0.3 is 24.2 Å². The number of benzene rings is 3. The summed E-state index contributed by atoms with van der Waals surface area (Å²) in [5, 5.41) is 12.0. The zero-order valence-electron chi connectivity index (χ0n) is 18.6. The third-order valence-corrected chi connectivity index (χ3v) is 6.18. The molecule has 0 spiro atoms. The van der Waals surface area contributed by atoms with Crippen LogP contribution in [0.4, 0.5) is 5.69 Å². The maximum Gasteiger partial charge on any atom is 0.264 e. The van der Waals surface area contributed by atoms with Crippen LogP contribution in [0.5, 0.6) is 17.2 Å². The standard InChI is InChI=1S/C27H22ClNO6/c28-19-7-10-21(11-8-19)33-14-13-29-23-4-2-1-3-22(23)27(32,26(29)31)16-20(30)9-5-18-6-12-24-25(15-18)35-17-34-24/h1-12,15,32H,13-14,16-17H2/b9-5-/t27-/m1/s1. The number of fused-ring (bicyclic) bond motifs is 2. The summed E-state index contributed by atoms with van der Waals surface area (Å²) in [5.74, 6) is 0.940. The summed E-state index contributed by atoms with van der Waals surface area (Å²) in [5.41, 5.74) is -0.241. The number of para-hydroxylation sites is 1. The Morgan fingerprint density at radius 1 is 1.09 bits per heavy atom. The Morgan fingerprint density at radius 3 is 2.69 bits per heavy atom. The highest BCUT2D eigenvalue weighted by Gasteiger charge is 2.50. The van der Waals surface area contributed by atoms with E-state index in [1.54, 1.807) is 72.8 Å². The van der Waals surface area contributed by atoms with Crippen molar-refractivity contribution in [3.8, 4) is 17.2 Å². The van der Waals surface area contributed by atoms with Crippen LogP contribution in [0.1, 0.15) is 17.5 Å². The minimum Gasteiger partial charge on any atom is -0.492 e. The number of hydrogen-bond acceptors (Lipinski definition) is 6. The lowest BCUT2D eigenvalue weighted by molar-refractivity contribution is -0.140. The summed E-state index contributed by atoms with van der Waals surface area (Å²) in [4.78, 5) is 27.6. The Kier molecular flexibility index (Phi) is 6.19. The molecule has 35 heavy (non-hydrogen) atoms. The smallest absolute Gasteiger partial charge is 0.264 e. The van der Waals surface area contributed by atoms with Crippen molar-refractivity contribution < 1.29 is 28.9 Å². The number of nitrogens with zero attached hydrogens (tertiary/aromatic N) is 1. The van der Waals surface area contributed by atoms with Gasteiger partial charge in [-0.15, -0.1) is 0 Å². The van der Waals surface area contributed by atoms with Gasteiger partial charge in [0.05, 0.1) is 18.7 Å². The van der Waals surface area contributed by atoms with Crippen LogP contribution in [0.15, 0.2) is 72.8 Å². The number of rotatable bonds is 8. The van der Waals surface area contributed by atoms with Gasteiger partial charge in [-0.25, -0.2) is 0 Å². The summed E-state index contributed by atoms with van der Waals surface area (Å²) < 4.78 is 16.4. The van der Waals surface area contributed by atoms with Gasteiger partial charge >= 0.3 is 0 Å². The number of allylic oxidation sites excluding steroid dienone is 1. The molecule has 0 saturated carbocycles. The molecule has 8 heteroatoms. The van der Waals surface area contributed by atoms with Crippen molar-refractivity contribution in [1.82, 2.24) is 0 Å². The Labute approximate surface area is 207 Å². The molecule has 2 heterocycles. The maximum atomic E-state index is 13.3. The fourth-order valence-electron chi connectivity index (χ4n) is 4.20. The van der Waals surface area contributed by atoms with E-state index in [9.17, 15) is 14.7 Å². The Morgan fingerprint density at radius 2 is 1.86 bits per heavy atom. The summed E-state index contributed by atoms with van der Waals surface area (Å²) in [6.07, 6.45) is 2.60. The predicted molar refractivity (Wildman–Crippen MR) is 131 cm³/mol. The number of ketones is 1. The topological polar surface area (TPSA) is 85.3 Å². The number of carbonyl (C=O) groups excluding carboxylic acids is 2. The minimum atomic E-state index is -1.95. The Bertz CT molecular complexity index is 1310. The van der Waals surface area contributed by atoms with Crippen molar-refractivity contribution in [2.45, 2.75) is 12.0 Å².